The lowest BCUT2D eigenvalue weighted by molar-refractivity contribution is -0.880. The van der Waals surface area contributed by atoms with E-state index in [1.165, 1.54) is 6.66 Å². The Balaban J connectivity index is 3.94. The SMILES string of the molecule is C#CC[N+](C)(C)CCP(C)(=O)O. The van der Waals surface area contributed by atoms with Crippen molar-refractivity contribution in [2.24, 2.45) is 0 Å². The zero-order valence-corrected chi connectivity index (χ0v) is 8.84. The lowest BCUT2D eigenvalue weighted by Crippen LogP contribution is -2.42. The Kier molecular flexibility index (Phi) is 3.99. The highest BCUT2D eigenvalue weighted by molar-refractivity contribution is 7.57. The average molecular weight is 190 g/mol. The molecule has 0 amide bonds. The van der Waals surface area contributed by atoms with Crippen LogP contribution in [0.2, 0.25) is 0 Å². The molecule has 0 saturated heterocycles. The number of rotatable bonds is 4. The van der Waals surface area contributed by atoms with Crippen LogP contribution < -0.4 is 0 Å². The second-order valence-corrected chi connectivity index (χ2v) is 6.35. The van der Waals surface area contributed by atoms with Crippen molar-refractivity contribution >= 4 is 7.37 Å². The van der Waals surface area contributed by atoms with Gasteiger partial charge in [-0.05, 0) is 5.92 Å². The molecule has 0 fully saturated rings. The van der Waals surface area contributed by atoms with Gasteiger partial charge in [-0.25, -0.2) is 0 Å². The highest BCUT2D eigenvalue weighted by atomic mass is 31.2. The van der Waals surface area contributed by atoms with Gasteiger partial charge in [-0.15, -0.1) is 6.42 Å². The highest BCUT2D eigenvalue weighted by Crippen LogP contribution is 2.34. The quantitative estimate of drug-likeness (QED) is 0.400. The predicted molar refractivity (Wildman–Crippen MR) is 51.3 cm³/mol. The summed E-state index contributed by atoms with van der Waals surface area (Å²) in [5.41, 5.74) is 0. The molecule has 0 aromatic rings. The van der Waals surface area contributed by atoms with Crippen molar-refractivity contribution in [1.82, 2.24) is 0 Å². The van der Waals surface area contributed by atoms with E-state index < -0.39 is 7.37 Å². The van der Waals surface area contributed by atoms with E-state index >= 15 is 0 Å². The summed E-state index contributed by atoms with van der Waals surface area (Å²) >= 11 is 0. The summed E-state index contributed by atoms with van der Waals surface area (Å²) in [4.78, 5) is 9.04. The standard InChI is InChI=1S/C8H16NO2P/c1-5-6-9(2,3)7-8-12(4,10)11/h1H,6-8H2,2-4H3/p+1. The van der Waals surface area contributed by atoms with Gasteiger partial charge in [0.25, 0.3) is 0 Å². The Hall–Kier alpha value is -0.290. The van der Waals surface area contributed by atoms with E-state index in [1.807, 2.05) is 14.1 Å². The molecule has 0 aliphatic rings. The van der Waals surface area contributed by atoms with Gasteiger partial charge in [0.1, 0.15) is 6.54 Å². The predicted octanol–water partition coefficient (Wildman–Crippen LogP) is 0.596. The second-order valence-electron chi connectivity index (χ2n) is 3.80. The van der Waals surface area contributed by atoms with Crippen LogP contribution in [-0.4, -0.2) is 49.4 Å². The molecule has 0 bridgehead atoms. The number of quaternary nitrogens is 1. The minimum atomic E-state index is -2.87. The number of hydrogen-bond acceptors (Lipinski definition) is 1. The summed E-state index contributed by atoms with van der Waals surface area (Å²) in [7, 11) is 1.04. The number of hydrogen-bond donors (Lipinski definition) is 1. The van der Waals surface area contributed by atoms with E-state index in [4.69, 9.17) is 11.3 Å². The summed E-state index contributed by atoms with van der Waals surface area (Å²) in [6.07, 6.45) is 5.49. The summed E-state index contributed by atoms with van der Waals surface area (Å²) < 4.78 is 11.6. The molecular weight excluding hydrogens is 173 g/mol. The molecule has 1 unspecified atom stereocenters. The normalized spacial score (nSPS) is 16.6. The molecule has 0 aromatic carbocycles. The molecule has 1 N–H and O–H groups in total. The van der Waals surface area contributed by atoms with Gasteiger partial charge in [0.2, 0.25) is 7.37 Å². The first kappa shape index (κ1) is 11.7. The summed E-state index contributed by atoms with van der Waals surface area (Å²) in [6.45, 7) is 2.62. The molecule has 4 heteroatoms. The molecule has 70 valence electrons. The first-order valence-electron chi connectivity index (χ1n) is 3.82. The maximum atomic E-state index is 11.0. The maximum absolute atomic E-state index is 11.0. The Bertz CT molecular complexity index is 224. The molecule has 3 nitrogen and oxygen atoms in total. The van der Waals surface area contributed by atoms with Crippen molar-refractivity contribution in [1.29, 1.82) is 0 Å². The van der Waals surface area contributed by atoms with Crippen molar-refractivity contribution in [3.63, 3.8) is 0 Å². The highest BCUT2D eigenvalue weighted by Gasteiger charge is 2.18. The fourth-order valence-electron chi connectivity index (χ4n) is 0.782. The van der Waals surface area contributed by atoms with Gasteiger partial charge < -0.3 is 9.38 Å². The molecule has 0 aliphatic heterocycles. The smallest absolute Gasteiger partial charge is 0.203 e. The van der Waals surface area contributed by atoms with Crippen LogP contribution in [0.15, 0.2) is 0 Å². The molecular formula is C8H17NO2P+. The van der Waals surface area contributed by atoms with E-state index in [-0.39, 0.29) is 0 Å². The van der Waals surface area contributed by atoms with E-state index in [1.54, 1.807) is 0 Å². The van der Waals surface area contributed by atoms with Crippen molar-refractivity contribution in [2.45, 2.75) is 0 Å². The van der Waals surface area contributed by atoms with Gasteiger partial charge >= 0.3 is 0 Å². The Morgan fingerprint density at radius 3 is 2.42 bits per heavy atom. The zero-order chi connectivity index (χ0) is 9.83. The van der Waals surface area contributed by atoms with Crippen LogP contribution in [0.25, 0.3) is 0 Å². The molecule has 0 aromatic heterocycles. The van der Waals surface area contributed by atoms with Crippen LogP contribution in [0, 0.1) is 12.3 Å². The number of terminal acetylenes is 1. The fourth-order valence-corrected chi connectivity index (χ4v) is 1.69. The van der Waals surface area contributed by atoms with Crippen LogP contribution in [0.5, 0.6) is 0 Å². The summed E-state index contributed by atoms with van der Waals surface area (Å²) in [5, 5.41) is 0. The Morgan fingerprint density at radius 1 is 1.58 bits per heavy atom. The molecule has 1 atom stereocenters. The molecule has 0 saturated carbocycles. The Labute approximate surface area is 74.4 Å². The van der Waals surface area contributed by atoms with Crippen LogP contribution in [0.4, 0.5) is 0 Å². The van der Waals surface area contributed by atoms with Crippen molar-refractivity contribution in [2.75, 3.05) is 40.0 Å². The molecule has 0 spiro atoms. The topological polar surface area (TPSA) is 37.3 Å². The van der Waals surface area contributed by atoms with Gasteiger partial charge in [-0.2, -0.15) is 0 Å². The number of nitrogens with zero attached hydrogens (tertiary/aromatic N) is 1. The molecule has 0 radical (unpaired) electrons. The third-order valence-corrected chi connectivity index (χ3v) is 2.67. The minimum absolute atomic E-state index is 0.335. The average Bonchev–Trinajstić information content (AvgIpc) is 1.83. The van der Waals surface area contributed by atoms with Gasteiger partial charge in [-0.1, -0.05) is 0 Å². The maximum Gasteiger partial charge on any atom is 0.203 e. The van der Waals surface area contributed by atoms with E-state index in [0.29, 0.717) is 23.7 Å². The van der Waals surface area contributed by atoms with Crippen LogP contribution in [-0.2, 0) is 4.57 Å². The van der Waals surface area contributed by atoms with Gasteiger partial charge in [-0.3, -0.25) is 4.57 Å². The van der Waals surface area contributed by atoms with Crippen molar-refractivity contribution in [3.8, 4) is 12.3 Å². The summed E-state index contributed by atoms with van der Waals surface area (Å²) in [6, 6.07) is 0. The molecule has 12 heavy (non-hydrogen) atoms. The van der Waals surface area contributed by atoms with E-state index in [9.17, 15) is 4.57 Å². The fraction of sp³-hybridized carbons (Fsp3) is 0.750. The molecule has 0 heterocycles. The molecule has 0 rings (SSSR count). The lowest BCUT2D eigenvalue weighted by atomic mass is 10.4. The summed E-state index contributed by atoms with van der Waals surface area (Å²) in [5.74, 6) is 2.55. The third kappa shape index (κ3) is 6.42. The van der Waals surface area contributed by atoms with E-state index in [0.717, 1.165) is 0 Å². The Morgan fingerprint density at radius 2 is 2.08 bits per heavy atom. The largest absolute Gasteiger partial charge is 0.344 e. The first-order valence-corrected chi connectivity index (χ1v) is 6.11. The van der Waals surface area contributed by atoms with E-state index in [2.05, 4.69) is 5.92 Å². The monoisotopic (exact) mass is 190 g/mol. The van der Waals surface area contributed by atoms with Gasteiger partial charge in [0.15, 0.2) is 0 Å². The van der Waals surface area contributed by atoms with Crippen LogP contribution in [0.1, 0.15) is 0 Å². The lowest BCUT2D eigenvalue weighted by Gasteiger charge is -2.27. The van der Waals surface area contributed by atoms with Crippen molar-refractivity contribution in [3.05, 3.63) is 0 Å². The van der Waals surface area contributed by atoms with Crippen molar-refractivity contribution < 1.29 is 13.9 Å². The zero-order valence-electron chi connectivity index (χ0n) is 7.95. The van der Waals surface area contributed by atoms with Gasteiger partial charge in [0, 0.05) is 6.66 Å². The molecule has 0 aliphatic carbocycles. The minimum Gasteiger partial charge on any atom is -0.344 e. The van der Waals surface area contributed by atoms with Crippen LogP contribution >= 0.6 is 7.37 Å². The first-order chi connectivity index (χ1) is 5.27. The van der Waals surface area contributed by atoms with Gasteiger partial charge in [0.05, 0.1) is 26.8 Å². The third-order valence-electron chi connectivity index (χ3n) is 1.64. The van der Waals surface area contributed by atoms with Crippen LogP contribution in [0.3, 0.4) is 0 Å². The second kappa shape index (κ2) is 4.09.